The number of nitrogens with one attached hydrogen (secondary N) is 1. The van der Waals surface area contributed by atoms with E-state index in [1.807, 2.05) is 24.3 Å². The molecule has 0 aromatic heterocycles. The van der Waals surface area contributed by atoms with Gasteiger partial charge in [-0.1, -0.05) is 44.2 Å². The highest BCUT2D eigenvalue weighted by Crippen LogP contribution is 2.32. The number of anilines is 1. The van der Waals surface area contributed by atoms with Crippen LogP contribution in [-0.2, 0) is 6.42 Å². The number of hydrogen-bond acceptors (Lipinski definition) is 3. The summed E-state index contributed by atoms with van der Waals surface area (Å²) in [5, 5.41) is 3.14. The Hall–Kier alpha value is -1.96. The van der Waals surface area contributed by atoms with Crippen molar-refractivity contribution >= 4 is 35.6 Å². The zero-order valence-electron chi connectivity index (χ0n) is 15.9. The second kappa shape index (κ2) is 9.82. The highest BCUT2D eigenvalue weighted by molar-refractivity contribution is 14.0. The predicted molar refractivity (Wildman–Crippen MR) is 122 cm³/mol. The summed E-state index contributed by atoms with van der Waals surface area (Å²) < 4.78 is 11.3. The third-order valence-corrected chi connectivity index (χ3v) is 4.22. The molecule has 3 N–H and O–H groups in total. The van der Waals surface area contributed by atoms with Gasteiger partial charge in [0.05, 0.1) is 13.2 Å². The zero-order chi connectivity index (χ0) is 18.4. The van der Waals surface area contributed by atoms with E-state index in [2.05, 4.69) is 48.4 Å². The van der Waals surface area contributed by atoms with E-state index in [9.17, 15) is 0 Å². The van der Waals surface area contributed by atoms with Gasteiger partial charge < -0.3 is 20.5 Å². The van der Waals surface area contributed by atoms with Crippen molar-refractivity contribution < 1.29 is 9.47 Å². The Labute approximate surface area is 178 Å². The number of aliphatic imine (C=N–C) groups is 1. The Morgan fingerprint density at radius 1 is 1.07 bits per heavy atom. The maximum Gasteiger partial charge on any atom is 0.193 e. The lowest BCUT2D eigenvalue weighted by Crippen LogP contribution is -2.26. The standard InChI is InChI=1S/C21H27N3O2.HI/c1-21(2,14-16-7-4-3-5-8-16)15-23-20(22)24-17-9-10-18-19(13-17)26-12-6-11-25-18;/h3-5,7-10,13H,6,11-12,14-15H2,1-2H3,(H3,22,23,24);1H. The van der Waals surface area contributed by atoms with E-state index in [-0.39, 0.29) is 29.4 Å². The van der Waals surface area contributed by atoms with Gasteiger partial charge in [0.15, 0.2) is 17.5 Å². The van der Waals surface area contributed by atoms with Gasteiger partial charge in [-0.3, -0.25) is 4.99 Å². The molecule has 0 radical (unpaired) electrons. The zero-order valence-corrected chi connectivity index (χ0v) is 18.2. The molecule has 2 aromatic rings. The van der Waals surface area contributed by atoms with E-state index in [0.29, 0.717) is 25.7 Å². The van der Waals surface area contributed by atoms with Crippen molar-refractivity contribution in [1.82, 2.24) is 0 Å². The van der Waals surface area contributed by atoms with Crippen LogP contribution in [0, 0.1) is 5.41 Å². The first kappa shape index (κ1) is 21.3. The second-order valence-electron chi connectivity index (χ2n) is 7.37. The summed E-state index contributed by atoms with van der Waals surface area (Å²) in [6, 6.07) is 16.2. The number of fused-ring (bicyclic) bond motifs is 1. The molecule has 1 aliphatic rings. The summed E-state index contributed by atoms with van der Waals surface area (Å²) in [4.78, 5) is 4.53. The van der Waals surface area contributed by atoms with E-state index in [1.54, 1.807) is 0 Å². The molecule has 27 heavy (non-hydrogen) atoms. The van der Waals surface area contributed by atoms with Crippen LogP contribution < -0.4 is 20.5 Å². The first-order chi connectivity index (χ1) is 12.5. The van der Waals surface area contributed by atoms with Crippen LogP contribution in [0.2, 0.25) is 0 Å². The van der Waals surface area contributed by atoms with Crippen LogP contribution in [0.15, 0.2) is 53.5 Å². The molecule has 0 bridgehead atoms. The summed E-state index contributed by atoms with van der Waals surface area (Å²) in [7, 11) is 0. The summed E-state index contributed by atoms with van der Waals surface area (Å²) in [6.45, 7) is 6.38. The third kappa shape index (κ3) is 6.61. The van der Waals surface area contributed by atoms with Crippen LogP contribution in [0.1, 0.15) is 25.8 Å². The molecule has 6 heteroatoms. The Morgan fingerprint density at radius 3 is 2.52 bits per heavy atom. The Kier molecular flexibility index (Phi) is 7.77. The smallest absolute Gasteiger partial charge is 0.193 e. The monoisotopic (exact) mass is 481 g/mol. The van der Waals surface area contributed by atoms with E-state index < -0.39 is 0 Å². The van der Waals surface area contributed by atoms with Gasteiger partial charge in [-0.05, 0) is 29.5 Å². The van der Waals surface area contributed by atoms with Crippen LogP contribution in [0.4, 0.5) is 5.69 Å². The van der Waals surface area contributed by atoms with Crippen LogP contribution in [0.5, 0.6) is 11.5 Å². The number of rotatable bonds is 5. The fourth-order valence-corrected chi connectivity index (χ4v) is 2.93. The maximum atomic E-state index is 6.08. The normalized spacial score (nSPS) is 14.1. The van der Waals surface area contributed by atoms with E-state index in [0.717, 1.165) is 30.0 Å². The molecule has 0 atom stereocenters. The number of hydrogen-bond donors (Lipinski definition) is 2. The van der Waals surface area contributed by atoms with Gasteiger partial charge in [0.1, 0.15) is 0 Å². The van der Waals surface area contributed by atoms with Gasteiger partial charge in [0.25, 0.3) is 0 Å². The first-order valence-corrected chi connectivity index (χ1v) is 9.02. The predicted octanol–water partition coefficient (Wildman–Crippen LogP) is 4.46. The quantitative estimate of drug-likeness (QED) is 0.376. The number of ether oxygens (including phenoxy) is 2. The molecular formula is C21H28IN3O2. The molecule has 0 fully saturated rings. The fourth-order valence-electron chi connectivity index (χ4n) is 2.93. The number of guanidine groups is 1. The molecule has 0 saturated heterocycles. The average Bonchev–Trinajstić information content (AvgIpc) is 2.85. The number of nitrogens with zero attached hydrogens (tertiary/aromatic N) is 1. The lowest BCUT2D eigenvalue weighted by molar-refractivity contribution is 0.297. The third-order valence-electron chi connectivity index (χ3n) is 4.22. The van der Waals surface area contributed by atoms with E-state index >= 15 is 0 Å². The van der Waals surface area contributed by atoms with Crippen LogP contribution in [-0.4, -0.2) is 25.7 Å². The summed E-state index contributed by atoms with van der Waals surface area (Å²) >= 11 is 0. The Morgan fingerprint density at radius 2 is 1.78 bits per heavy atom. The molecule has 0 saturated carbocycles. The molecule has 0 amide bonds. The lowest BCUT2D eigenvalue weighted by atomic mass is 9.86. The summed E-state index contributed by atoms with van der Waals surface area (Å²) in [6.07, 6.45) is 1.84. The minimum Gasteiger partial charge on any atom is -0.490 e. The molecule has 2 aromatic carbocycles. The van der Waals surface area contributed by atoms with Crippen molar-refractivity contribution in [1.29, 1.82) is 0 Å². The van der Waals surface area contributed by atoms with Crippen LogP contribution >= 0.6 is 24.0 Å². The van der Waals surface area contributed by atoms with Crippen molar-refractivity contribution in [3.63, 3.8) is 0 Å². The van der Waals surface area contributed by atoms with Crippen LogP contribution in [0.25, 0.3) is 0 Å². The lowest BCUT2D eigenvalue weighted by Gasteiger charge is -2.22. The van der Waals surface area contributed by atoms with Gasteiger partial charge in [0.2, 0.25) is 0 Å². The first-order valence-electron chi connectivity index (χ1n) is 9.02. The highest BCUT2D eigenvalue weighted by Gasteiger charge is 2.18. The SMILES string of the molecule is CC(C)(CN=C(N)Nc1ccc2c(c1)OCCCO2)Cc1ccccc1.I. The van der Waals surface area contributed by atoms with E-state index in [4.69, 9.17) is 15.2 Å². The number of halogens is 1. The van der Waals surface area contributed by atoms with Crippen molar-refractivity contribution in [2.75, 3.05) is 25.1 Å². The van der Waals surface area contributed by atoms with Gasteiger partial charge in [-0.25, -0.2) is 0 Å². The maximum absolute atomic E-state index is 6.08. The van der Waals surface area contributed by atoms with Crippen molar-refractivity contribution in [3.05, 3.63) is 54.1 Å². The van der Waals surface area contributed by atoms with Gasteiger partial charge in [-0.15, -0.1) is 24.0 Å². The fraction of sp³-hybridized carbons (Fsp3) is 0.381. The molecule has 0 unspecified atom stereocenters. The minimum absolute atomic E-state index is 0. The molecule has 1 aliphatic heterocycles. The van der Waals surface area contributed by atoms with Crippen molar-refractivity contribution in [3.8, 4) is 11.5 Å². The van der Waals surface area contributed by atoms with Gasteiger partial charge >= 0.3 is 0 Å². The molecule has 0 aliphatic carbocycles. The molecule has 0 spiro atoms. The second-order valence-corrected chi connectivity index (χ2v) is 7.37. The molecular weight excluding hydrogens is 453 g/mol. The van der Waals surface area contributed by atoms with Crippen molar-refractivity contribution in [2.45, 2.75) is 26.7 Å². The topological polar surface area (TPSA) is 68.9 Å². The van der Waals surface area contributed by atoms with E-state index in [1.165, 1.54) is 5.56 Å². The van der Waals surface area contributed by atoms with Gasteiger partial charge in [-0.2, -0.15) is 0 Å². The highest BCUT2D eigenvalue weighted by atomic mass is 127. The summed E-state index contributed by atoms with van der Waals surface area (Å²) in [5.41, 5.74) is 8.26. The molecule has 146 valence electrons. The minimum atomic E-state index is 0. The Bertz CT molecular complexity index is 763. The molecule has 5 nitrogen and oxygen atoms in total. The van der Waals surface area contributed by atoms with Gasteiger partial charge in [0, 0.05) is 24.7 Å². The molecule has 3 rings (SSSR count). The average molecular weight is 481 g/mol. The largest absolute Gasteiger partial charge is 0.490 e. The number of benzene rings is 2. The van der Waals surface area contributed by atoms with Crippen molar-refractivity contribution in [2.24, 2.45) is 16.1 Å². The van der Waals surface area contributed by atoms with Crippen LogP contribution in [0.3, 0.4) is 0 Å². The summed E-state index contributed by atoms with van der Waals surface area (Å²) in [5.74, 6) is 1.91. The Balaban J connectivity index is 0.00000261. The molecule has 1 heterocycles. The number of nitrogens with two attached hydrogens (primary N) is 1.